The van der Waals surface area contributed by atoms with Gasteiger partial charge in [0.1, 0.15) is 0 Å². The summed E-state index contributed by atoms with van der Waals surface area (Å²) in [6.07, 6.45) is 2.63. The average Bonchev–Trinajstić information content (AvgIpc) is 2.88. The first-order valence-corrected chi connectivity index (χ1v) is 8.72. The van der Waals surface area contributed by atoms with Gasteiger partial charge in [0.05, 0.1) is 10.6 Å². The van der Waals surface area contributed by atoms with E-state index in [0.29, 0.717) is 22.2 Å². The van der Waals surface area contributed by atoms with Crippen molar-refractivity contribution in [1.82, 2.24) is 0 Å². The molecule has 2 aliphatic heterocycles. The molecule has 2 atom stereocenters. The van der Waals surface area contributed by atoms with Crippen LogP contribution in [-0.2, 0) is 4.74 Å². The summed E-state index contributed by atoms with van der Waals surface area (Å²) in [7, 11) is 0. The van der Waals surface area contributed by atoms with Gasteiger partial charge in [-0.15, -0.1) is 0 Å². The molecule has 0 saturated carbocycles. The maximum absolute atomic E-state index is 12.7. The molecule has 0 amide bonds. The standard InChI is InChI=1S/C15H16Cl2O2S/c16-11-1-2-13(17)12(7-11)14(18)10-3-5-19-15(8-10)4-6-20-9-15/h1-2,7,10H,3-6,8-9H2. The van der Waals surface area contributed by atoms with Crippen LogP contribution in [-0.4, -0.2) is 29.5 Å². The molecule has 0 aromatic heterocycles. The number of hydrogen-bond acceptors (Lipinski definition) is 3. The minimum atomic E-state index is -0.0890. The summed E-state index contributed by atoms with van der Waals surface area (Å²) in [5, 5.41) is 1.04. The van der Waals surface area contributed by atoms with Crippen LogP contribution in [0.2, 0.25) is 10.0 Å². The largest absolute Gasteiger partial charge is 0.374 e. The second-order valence-electron chi connectivity index (χ2n) is 5.51. The Bertz CT molecular complexity index is 527. The first kappa shape index (κ1) is 14.7. The summed E-state index contributed by atoms with van der Waals surface area (Å²) in [5.74, 6) is 2.23. The summed E-state index contributed by atoms with van der Waals surface area (Å²) >= 11 is 14.0. The van der Waals surface area contributed by atoms with E-state index in [2.05, 4.69) is 0 Å². The highest BCUT2D eigenvalue weighted by Gasteiger charge is 2.42. The first-order valence-electron chi connectivity index (χ1n) is 6.81. The SMILES string of the molecule is O=C(c1cc(Cl)ccc1Cl)C1CCOC2(CCSC2)C1. The zero-order valence-electron chi connectivity index (χ0n) is 11.0. The van der Waals surface area contributed by atoms with Gasteiger partial charge in [0, 0.05) is 28.9 Å². The number of thioether (sulfide) groups is 1. The van der Waals surface area contributed by atoms with Crippen LogP contribution in [0.5, 0.6) is 0 Å². The van der Waals surface area contributed by atoms with Gasteiger partial charge in [-0.3, -0.25) is 4.79 Å². The van der Waals surface area contributed by atoms with E-state index in [1.165, 1.54) is 0 Å². The molecule has 0 bridgehead atoms. The van der Waals surface area contributed by atoms with Gasteiger partial charge in [-0.05, 0) is 43.2 Å². The van der Waals surface area contributed by atoms with Gasteiger partial charge in [0.2, 0.25) is 0 Å². The number of ether oxygens (including phenoxy) is 1. The van der Waals surface area contributed by atoms with Crippen molar-refractivity contribution in [3.05, 3.63) is 33.8 Å². The molecular weight excluding hydrogens is 315 g/mol. The summed E-state index contributed by atoms with van der Waals surface area (Å²) in [6.45, 7) is 0.662. The Morgan fingerprint density at radius 3 is 3.00 bits per heavy atom. The van der Waals surface area contributed by atoms with E-state index >= 15 is 0 Å². The number of carbonyl (C=O) groups excluding carboxylic acids is 1. The minimum absolute atomic E-state index is 0.00147. The van der Waals surface area contributed by atoms with Crippen LogP contribution >= 0.6 is 35.0 Å². The lowest BCUT2D eigenvalue weighted by Gasteiger charge is -2.37. The Labute approximate surface area is 133 Å². The molecule has 1 spiro atoms. The molecule has 1 aromatic rings. The minimum Gasteiger partial charge on any atom is -0.374 e. The average molecular weight is 331 g/mol. The van der Waals surface area contributed by atoms with Crippen LogP contribution in [0.25, 0.3) is 0 Å². The summed E-state index contributed by atoms with van der Waals surface area (Å²) < 4.78 is 5.96. The van der Waals surface area contributed by atoms with Crippen molar-refractivity contribution in [2.45, 2.75) is 24.9 Å². The van der Waals surface area contributed by atoms with Crippen LogP contribution < -0.4 is 0 Å². The molecule has 2 heterocycles. The van der Waals surface area contributed by atoms with E-state index in [1.807, 2.05) is 11.8 Å². The number of rotatable bonds is 2. The second-order valence-corrected chi connectivity index (χ2v) is 7.46. The van der Waals surface area contributed by atoms with E-state index in [1.54, 1.807) is 18.2 Å². The van der Waals surface area contributed by atoms with Gasteiger partial charge in [-0.2, -0.15) is 11.8 Å². The lowest BCUT2D eigenvalue weighted by atomic mass is 9.81. The molecule has 108 valence electrons. The Balaban J connectivity index is 1.81. The van der Waals surface area contributed by atoms with Crippen molar-refractivity contribution in [2.75, 3.05) is 18.1 Å². The topological polar surface area (TPSA) is 26.3 Å². The van der Waals surface area contributed by atoms with Crippen LogP contribution in [0.1, 0.15) is 29.6 Å². The molecule has 2 saturated heterocycles. The van der Waals surface area contributed by atoms with Gasteiger partial charge in [-0.1, -0.05) is 23.2 Å². The van der Waals surface area contributed by atoms with Crippen LogP contribution in [0, 0.1) is 5.92 Å². The Hall–Kier alpha value is -0.220. The van der Waals surface area contributed by atoms with Crippen molar-refractivity contribution < 1.29 is 9.53 Å². The fourth-order valence-electron chi connectivity index (χ4n) is 3.02. The number of halogens is 2. The number of Topliss-reactive ketones (excluding diaryl/α,β-unsaturated/α-hetero) is 1. The molecule has 1 aromatic carbocycles. The fraction of sp³-hybridized carbons (Fsp3) is 0.533. The number of hydrogen-bond donors (Lipinski definition) is 0. The van der Waals surface area contributed by atoms with Crippen molar-refractivity contribution in [1.29, 1.82) is 0 Å². The Morgan fingerprint density at radius 1 is 1.40 bits per heavy atom. The maximum Gasteiger partial charge on any atom is 0.167 e. The van der Waals surface area contributed by atoms with Crippen molar-refractivity contribution >= 4 is 40.7 Å². The summed E-state index contributed by atoms with van der Waals surface area (Å²) in [4.78, 5) is 12.7. The van der Waals surface area contributed by atoms with E-state index < -0.39 is 0 Å². The highest BCUT2D eigenvalue weighted by molar-refractivity contribution is 7.99. The lowest BCUT2D eigenvalue weighted by molar-refractivity contribution is -0.0734. The predicted molar refractivity (Wildman–Crippen MR) is 84.1 cm³/mol. The number of ketones is 1. The quantitative estimate of drug-likeness (QED) is 0.748. The predicted octanol–water partition coefficient (Wildman–Crippen LogP) is 4.48. The lowest BCUT2D eigenvalue weighted by Crippen LogP contribution is -2.42. The third-order valence-corrected chi connectivity index (χ3v) is 5.91. The van der Waals surface area contributed by atoms with Gasteiger partial charge in [-0.25, -0.2) is 0 Å². The van der Waals surface area contributed by atoms with Gasteiger partial charge >= 0.3 is 0 Å². The molecule has 20 heavy (non-hydrogen) atoms. The Morgan fingerprint density at radius 2 is 2.25 bits per heavy atom. The molecule has 3 rings (SSSR count). The Kier molecular flexibility index (Phi) is 4.32. The molecule has 0 aliphatic carbocycles. The van der Waals surface area contributed by atoms with Crippen LogP contribution in [0.3, 0.4) is 0 Å². The summed E-state index contributed by atoms with van der Waals surface area (Å²) in [6, 6.07) is 5.08. The molecule has 2 unspecified atom stereocenters. The van der Waals surface area contributed by atoms with Gasteiger partial charge in [0.25, 0.3) is 0 Å². The van der Waals surface area contributed by atoms with Crippen molar-refractivity contribution in [2.24, 2.45) is 5.92 Å². The molecule has 0 radical (unpaired) electrons. The molecule has 0 N–H and O–H groups in total. The van der Waals surface area contributed by atoms with Crippen molar-refractivity contribution in [3.8, 4) is 0 Å². The monoisotopic (exact) mass is 330 g/mol. The molecule has 2 fully saturated rings. The third kappa shape index (κ3) is 2.87. The highest BCUT2D eigenvalue weighted by atomic mass is 35.5. The molecular formula is C15H16Cl2O2S. The first-order chi connectivity index (χ1) is 9.60. The van der Waals surface area contributed by atoms with E-state index in [0.717, 1.165) is 30.8 Å². The van der Waals surface area contributed by atoms with E-state index in [9.17, 15) is 4.79 Å². The molecule has 2 aliphatic rings. The zero-order chi connectivity index (χ0) is 14.2. The normalized spacial score (nSPS) is 29.8. The van der Waals surface area contributed by atoms with Gasteiger partial charge < -0.3 is 4.74 Å². The zero-order valence-corrected chi connectivity index (χ0v) is 13.4. The van der Waals surface area contributed by atoms with Crippen molar-refractivity contribution in [3.63, 3.8) is 0 Å². The molecule has 2 nitrogen and oxygen atoms in total. The third-order valence-electron chi connectivity index (χ3n) is 4.12. The second kappa shape index (κ2) is 5.88. The van der Waals surface area contributed by atoms with Gasteiger partial charge in [0.15, 0.2) is 5.78 Å². The smallest absolute Gasteiger partial charge is 0.167 e. The number of benzene rings is 1. The summed E-state index contributed by atoms with van der Waals surface area (Å²) in [5.41, 5.74) is 0.459. The van der Waals surface area contributed by atoms with Crippen LogP contribution in [0.4, 0.5) is 0 Å². The molecule has 5 heteroatoms. The fourth-order valence-corrected chi connectivity index (χ4v) is 4.78. The van der Waals surface area contributed by atoms with Crippen LogP contribution in [0.15, 0.2) is 18.2 Å². The van der Waals surface area contributed by atoms with E-state index in [-0.39, 0.29) is 17.3 Å². The van der Waals surface area contributed by atoms with E-state index in [4.69, 9.17) is 27.9 Å². The maximum atomic E-state index is 12.7. The highest BCUT2D eigenvalue weighted by Crippen LogP contribution is 2.41. The number of carbonyl (C=O) groups is 1.